The summed E-state index contributed by atoms with van der Waals surface area (Å²) < 4.78 is 5.05. The van der Waals surface area contributed by atoms with Gasteiger partial charge < -0.3 is 20.6 Å². The van der Waals surface area contributed by atoms with E-state index in [1.165, 1.54) is 0 Å². The lowest BCUT2D eigenvalue weighted by atomic mass is 10.1. The molecule has 6 heteroatoms. The molecule has 0 spiro atoms. The largest absolute Gasteiger partial charge is 0.497 e. The maximum Gasteiger partial charge on any atom is 0.254 e. The van der Waals surface area contributed by atoms with Gasteiger partial charge >= 0.3 is 0 Å². The molecule has 0 aromatic heterocycles. The number of oxime groups is 1. The van der Waals surface area contributed by atoms with Crippen LogP contribution >= 0.6 is 0 Å². The molecule has 1 aliphatic rings. The predicted molar refractivity (Wildman–Crippen MR) is 70.5 cm³/mol. The van der Waals surface area contributed by atoms with Crippen LogP contribution < -0.4 is 10.5 Å². The third-order valence-electron chi connectivity index (χ3n) is 3.31. The quantitative estimate of drug-likeness (QED) is 0.369. The number of nitrogens with two attached hydrogens (primary N) is 1. The molecule has 102 valence electrons. The van der Waals surface area contributed by atoms with Crippen molar-refractivity contribution in [3.63, 3.8) is 0 Å². The van der Waals surface area contributed by atoms with Gasteiger partial charge in [0.05, 0.1) is 13.2 Å². The summed E-state index contributed by atoms with van der Waals surface area (Å²) in [6.45, 7) is 0.617. The summed E-state index contributed by atoms with van der Waals surface area (Å²) in [4.78, 5) is 14.0. The molecule has 0 bridgehead atoms. The van der Waals surface area contributed by atoms with Crippen LogP contribution in [0.3, 0.4) is 0 Å². The van der Waals surface area contributed by atoms with E-state index in [1.54, 1.807) is 36.3 Å². The molecule has 1 fully saturated rings. The first-order valence-electron chi connectivity index (χ1n) is 6.10. The van der Waals surface area contributed by atoms with Crippen molar-refractivity contribution in [1.82, 2.24) is 4.90 Å². The third-order valence-corrected chi connectivity index (χ3v) is 3.31. The fourth-order valence-electron chi connectivity index (χ4n) is 2.28. The van der Waals surface area contributed by atoms with Crippen molar-refractivity contribution in [3.8, 4) is 5.75 Å². The summed E-state index contributed by atoms with van der Waals surface area (Å²) >= 11 is 0. The predicted octanol–water partition coefficient (Wildman–Crippen LogP) is 1.05. The number of hydrogen-bond acceptors (Lipinski definition) is 4. The third kappa shape index (κ3) is 2.62. The Kier molecular flexibility index (Phi) is 3.89. The molecule has 19 heavy (non-hydrogen) atoms. The number of amidine groups is 1. The number of methoxy groups -OCH3 is 1. The Balaban J connectivity index is 2.18. The molecule has 1 aromatic carbocycles. The van der Waals surface area contributed by atoms with Crippen molar-refractivity contribution in [2.24, 2.45) is 10.9 Å². The van der Waals surface area contributed by atoms with Crippen LogP contribution in [0.1, 0.15) is 23.2 Å². The van der Waals surface area contributed by atoms with E-state index in [2.05, 4.69) is 5.16 Å². The van der Waals surface area contributed by atoms with Crippen LogP contribution in [0.15, 0.2) is 29.4 Å². The number of carbonyl (C=O) groups is 1. The first-order valence-corrected chi connectivity index (χ1v) is 6.10. The van der Waals surface area contributed by atoms with Gasteiger partial charge in [-0.1, -0.05) is 5.16 Å². The minimum Gasteiger partial charge on any atom is -0.497 e. The molecule has 0 saturated carbocycles. The van der Waals surface area contributed by atoms with Gasteiger partial charge in [0.2, 0.25) is 0 Å². The fraction of sp³-hybridized carbons (Fsp3) is 0.385. The number of hydrogen-bond donors (Lipinski definition) is 2. The van der Waals surface area contributed by atoms with E-state index in [4.69, 9.17) is 15.7 Å². The van der Waals surface area contributed by atoms with Crippen LogP contribution in [0, 0.1) is 0 Å². The minimum atomic E-state index is -0.320. The lowest BCUT2D eigenvalue weighted by Crippen LogP contribution is -2.43. The van der Waals surface area contributed by atoms with Crippen LogP contribution in [0.4, 0.5) is 0 Å². The molecule has 1 atom stereocenters. The van der Waals surface area contributed by atoms with E-state index >= 15 is 0 Å². The van der Waals surface area contributed by atoms with Crippen molar-refractivity contribution in [3.05, 3.63) is 29.8 Å². The van der Waals surface area contributed by atoms with Gasteiger partial charge in [-0.2, -0.15) is 0 Å². The Bertz CT molecular complexity index is 484. The van der Waals surface area contributed by atoms with Gasteiger partial charge in [0.25, 0.3) is 5.91 Å². The zero-order valence-electron chi connectivity index (χ0n) is 10.7. The summed E-state index contributed by atoms with van der Waals surface area (Å²) in [5.74, 6) is 0.669. The van der Waals surface area contributed by atoms with Gasteiger partial charge in [0.15, 0.2) is 5.84 Å². The van der Waals surface area contributed by atoms with Crippen molar-refractivity contribution in [2.75, 3.05) is 13.7 Å². The summed E-state index contributed by atoms with van der Waals surface area (Å²) in [5.41, 5.74) is 6.18. The normalized spacial score (nSPS) is 19.5. The highest BCUT2D eigenvalue weighted by atomic mass is 16.5. The molecule has 6 nitrogen and oxygen atoms in total. The molecule has 0 aliphatic carbocycles. The second-order valence-corrected chi connectivity index (χ2v) is 4.41. The Labute approximate surface area is 111 Å². The molecule has 1 heterocycles. The first-order chi connectivity index (χ1) is 9.17. The van der Waals surface area contributed by atoms with Crippen LogP contribution in [-0.4, -0.2) is 41.5 Å². The second-order valence-electron chi connectivity index (χ2n) is 4.41. The summed E-state index contributed by atoms with van der Waals surface area (Å²) in [7, 11) is 1.58. The Morgan fingerprint density at radius 3 is 2.74 bits per heavy atom. The SMILES string of the molecule is COc1ccc(C(=O)N2CCCC2C(N)=NO)cc1. The van der Waals surface area contributed by atoms with Gasteiger partial charge in [0, 0.05) is 12.1 Å². The highest BCUT2D eigenvalue weighted by molar-refractivity contribution is 5.98. The Morgan fingerprint density at radius 1 is 1.47 bits per heavy atom. The van der Waals surface area contributed by atoms with E-state index in [1.807, 2.05) is 0 Å². The van der Waals surface area contributed by atoms with Crippen molar-refractivity contribution < 1.29 is 14.7 Å². The number of ether oxygens (including phenoxy) is 1. The number of amides is 1. The van der Waals surface area contributed by atoms with Gasteiger partial charge in [-0.25, -0.2) is 0 Å². The highest BCUT2D eigenvalue weighted by Gasteiger charge is 2.32. The summed E-state index contributed by atoms with van der Waals surface area (Å²) in [6, 6.07) is 6.58. The lowest BCUT2D eigenvalue weighted by Gasteiger charge is -2.23. The maximum absolute atomic E-state index is 12.4. The van der Waals surface area contributed by atoms with E-state index in [0.717, 1.165) is 12.8 Å². The van der Waals surface area contributed by atoms with Gasteiger partial charge in [-0.05, 0) is 37.1 Å². The maximum atomic E-state index is 12.4. The molecule has 1 amide bonds. The van der Waals surface area contributed by atoms with Crippen molar-refractivity contribution in [2.45, 2.75) is 18.9 Å². The molecule has 2 rings (SSSR count). The fourth-order valence-corrected chi connectivity index (χ4v) is 2.28. The average Bonchev–Trinajstić information content (AvgIpc) is 2.95. The minimum absolute atomic E-state index is 0.0827. The lowest BCUT2D eigenvalue weighted by molar-refractivity contribution is 0.0768. The Hall–Kier alpha value is -2.24. The number of rotatable bonds is 3. The Morgan fingerprint density at radius 2 is 2.16 bits per heavy atom. The zero-order valence-corrected chi connectivity index (χ0v) is 10.7. The van der Waals surface area contributed by atoms with Gasteiger partial charge in [0.1, 0.15) is 5.75 Å². The molecule has 1 saturated heterocycles. The number of likely N-dealkylation sites (tertiary alicyclic amines) is 1. The smallest absolute Gasteiger partial charge is 0.254 e. The molecule has 1 unspecified atom stereocenters. The van der Waals surface area contributed by atoms with E-state index in [9.17, 15) is 4.79 Å². The molecule has 0 radical (unpaired) electrons. The summed E-state index contributed by atoms with van der Waals surface area (Å²) in [6.07, 6.45) is 1.57. The number of nitrogens with zero attached hydrogens (tertiary/aromatic N) is 2. The van der Waals surface area contributed by atoms with Crippen LogP contribution in [0.5, 0.6) is 5.75 Å². The first kappa shape index (κ1) is 13.2. The van der Waals surface area contributed by atoms with Crippen LogP contribution in [0.25, 0.3) is 0 Å². The van der Waals surface area contributed by atoms with Crippen LogP contribution in [-0.2, 0) is 0 Å². The van der Waals surface area contributed by atoms with Gasteiger partial charge in [-0.3, -0.25) is 4.79 Å². The van der Waals surface area contributed by atoms with Gasteiger partial charge in [-0.15, -0.1) is 0 Å². The van der Waals surface area contributed by atoms with Crippen molar-refractivity contribution >= 4 is 11.7 Å². The molecule has 1 aromatic rings. The monoisotopic (exact) mass is 263 g/mol. The molecule has 3 N–H and O–H groups in total. The zero-order chi connectivity index (χ0) is 13.8. The molecule has 1 aliphatic heterocycles. The molecular weight excluding hydrogens is 246 g/mol. The van der Waals surface area contributed by atoms with E-state index < -0.39 is 0 Å². The number of benzene rings is 1. The average molecular weight is 263 g/mol. The van der Waals surface area contributed by atoms with Crippen molar-refractivity contribution in [1.29, 1.82) is 0 Å². The van der Waals surface area contributed by atoms with Crippen LogP contribution in [0.2, 0.25) is 0 Å². The second kappa shape index (κ2) is 5.60. The highest BCUT2D eigenvalue weighted by Crippen LogP contribution is 2.21. The molecular formula is C13H17N3O3. The van der Waals surface area contributed by atoms with E-state index in [-0.39, 0.29) is 17.8 Å². The summed E-state index contributed by atoms with van der Waals surface area (Å²) in [5, 5.41) is 11.7. The van der Waals surface area contributed by atoms with E-state index in [0.29, 0.717) is 17.9 Å². The number of carbonyl (C=O) groups excluding carboxylic acids is 1. The standard InChI is InChI=1S/C13H17N3O3/c1-19-10-6-4-9(5-7-10)13(17)16-8-2-3-11(16)12(14)15-18/h4-7,11,18H,2-3,8H2,1H3,(H2,14,15). The topological polar surface area (TPSA) is 88.2 Å².